The third-order valence-electron chi connectivity index (χ3n) is 3.18. The molecule has 1 heterocycles. The predicted octanol–water partition coefficient (Wildman–Crippen LogP) is 1.63. The lowest BCUT2D eigenvalue weighted by Gasteiger charge is -2.22. The second-order valence-electron chi connectivity index (χ2n) is 4.77. The van der Waals surface area contributed by atoms with Gasteiger partial charge < -0.3 is 10.2 Å². The number of carbonyl (C=O) groups is 1. The van der Waals surface area contributed by atoms with E-state index in [0.717, 1.165) is 38.4 Å². The van der Waals surface area contributed by atoms with Crippen molar-refractivity contribution < 1.29 is 4.79 Å². The molecule has 2 unspecified atom stereocenters. The van der Waals surface area contributed by atoms with Crippen LogP contribution in [-0.2, 0) is 4.79 Å². The number of nitrogens with zero attached hydrogens (tertiary/aromatic N) is 1. The standard InChI is InChI=1S/C12H24N2O/c1-4-10(2)8-13-11(3)9-14-7-5-6-12(14)15/h10-11,13H,4-9H2,1-3H3. The number of hydrogen-bond donors (Lipinski definition) is 1. The average molecular weight is 212 g/mol. The minimum atomic E-state index is 0.326. The lowest BCUT2D eigenvalue weighted by atomic mass is 10.1. The Hall–Kier alpha value is -0.570. The van der Waals surface area contributed by atoms with Crippen LogP contribution in [0, 0.1) is 5.92 Å². The van der Waals surface area contributed by atoms with E-state index in [2.05, 4.69) is 26.1 Å². The van der Waals surface area contributed by atoms with Crippen LogP contribution >= 0.6 is 0 Å². The van der Waals surface area contributed by atoms with Gasteiger partial charge in [-0.2, -0.15) is 0 Å². The van der Waals surface area contributed by atoms with Crippen LogP contribution in [0.1, 0.15) is 40.0 Å². The van der Waals surface area contributed by atoms with Crippen LogP contribution in [0.5, 0.6) is 0 Å². The summed E-state index contributed by atoms with van der Waals surface area (Å²) < 4.78 is 0. The smallest absolute Gasteiger partial charge is 0.222 e. The molecule has 0 aliphatic carbocycles. The summed E-state index contributed by atoms with van der Waals surface area (Å²) in [6.45, 7) is 9.50. The summed E-state index contributed by atoms with van der Waals surface area (Å²) in [6, 6.07) is 0.418. The Morgan fingerprint density at radius 1 is 1.47 bits per heavy atom. The zero-order chi connectivity index (χ0) is 11.3. The first-order valence-corrected chi connectivity index (χ1v) is 6.14. The maximum atomic E-state index is 11.4. The van der Waals surface area contributed by atoms with Crippen molar-refractivity contribution in [2.24, 2.45) is 5.92 Å². The topological polar surface area (TPSA) is 32.3 Å². The summed E-state index contributed by atoms with van der Waals surface area (Å²) in [4.78, 5) is 13.4. The Bertz CT molecular complexity index is 206. The molecule has 1 N–H and O–H groups in total. The highest BCUT2D eigenvalue weighted by molar-refractivity contribution is 5.78. The van der Waals surface area contributed by atoms with Crippen molar-refractivity contribution in [3.63, 3.8) is 0 Å². The molecule has 1 fully saturated rings. The van der Waals surface area contributed by atoms with Crippen molar-refractivity contribution in [3.05, 3.63) is 0 Å². The summed E-state index contributed by atoms with van der Waals surface area (Å²) in [7, 11) is 0. The number of amides is 1. The highest BCUT2D eigenvalue weighted by Crippen LogP contribution is 2.09. The van der Waals surface area contributed by atoms with Crippen LogP contribution in [0.25, 0.3) is 0 Å². The molecule has 1 saturated heterocycles. The predicted molar refractivity (Wildman–Crippen MR) is 62.7 cm³/mol. The van der Waals surface area contributed by atoms with Crippen molar-refractivity contribution in [2.45, 2.75) is 46.1 Å². The lowest BCUT2D eigenvalue weighted by molar-refractivity contribution is -0.127. The van der Waals surface area contributed by atoms with Gasteiger partial charge in [0.1, 0.15) is 0 Å². The molecule has 1 aliphatic rings. The molecule has 0 saturated carbocycles. The van der Waals surface area contributed by atoms with Gasteiger partial charge in [-0.3, -0.25) is 4.79 Å². The molecule has 0 spiro atoms. The second kappa shape index (κ2) is 6.11. The van der Waals surface area contributed by atoms with Crippen LogP contribution in [0.4, 0.5) is 0 Å². The number of hydrogen-bond acceptors (Lipinski definition) is 2. The van der Waals surface area contributed by atoms with E-state index in [4.69, 9.17) is 0 Å². The Balaban J connectivity index is 2.17. The summed E-state index contributed by atoms with van der Waals surface area (Å²) in [5, 5.41) is 3.49. The molecule has 2 atom stereocenters. The van der Waals surface area contributed by atoms with Gasteiger partial charge in [0.2, 0.25) is 5.91 Å². The zero-order valence-electron chi connectivity index (χ0n) is 10.3. The number of carbonyl (C=O) groups excluding carboxylic acids is 1. The van der Waals surface area contributed by atoms with Crippen LogP contribution in [0.15, 0.2) is 0 Å². The SMILES string of the molecule is CCC(C)CNC(C)CN1CCCC1=O. The van der Waals surface area contributed by atoms with Gasteiger partial charge >= 0.3 is 0 Å². The Labute approximate surface area is 93.2 Å². The molecule has 1 aliphatic heterocycles. The van der Waals surface area contributed by atoms with Gasteiger partial charge in [-0.15, -0.1) is 0 Å². The fraction of sp³-hybridized carbons (Fsp3) is 0.917. The van der Waals surface area contributed by atoms with Crippen molar-refractivity contribution in [1.82, 2.24) is 10.2 Å². The quantitative estimate of drug-likeness (QED) is 0.726. The molecule has 0 radical (unpaired) electrons. The van der Waals surface area contributed by atoms with Gasteiger partial charge in [-0.25, -0.2) is 0 Å². The average Bonchev–Trinajstić information content (AvgIpc) is 2.61. The number of likely N-dealkylation sites (tertiary alicyclic amines) is 1. The van der Waals surface area contributed by atoms with Gasteiger partial charge in [-0.05, 0) is 25.8 Å². The molecule has 3 heteroatoms. The van der Waals surface area contributed by atoms with E-state index in [1.807, 2.05) is 4.90 Å². The number of rotatable bonds is 6. The van der Waals surface area contributed by atoms with E-state index in [0.29, 0.717) is 11.9 Å². The summed E-state index contributed by atoms with van der Waals surface area (Å²) >= 11 is 0. The van der Waals surface area contributed by atoms with Crippen molar-refractivity contribution >= 4 is 5.91 Å². The van der Waals surface area contributed by atoms with Crippen LogP contribution in [0.2, 0.25) is 0 Å². The van der Waals surface area contributed by atoms with Crippen LogP contribution in [-0.4, -0.2) is 36.5 Å². The highest BCUT2D eigenvalue weighted by Gasteiger charge is 2.21. The third kappa shape index (κ3) is 4.20. The van der Waals surface area contributed by atoms with Gasteiger partial charge in [-0.1, -0.05) is 20.3 Å². The first-order chi connectivity index (χ1) is 7.13. The van der Waals surface area contributed by atoms with E-state index in [9.17, 15) is 4.79 Å². The van der Waals surface area contributed by atoms with Crippen molar-refractivity contribution in [2.75, 3.05) is 19.6 Å². The lowest BCUT2D eigenvalue weighted by Crippen LogP contribution is -2.41. The molecule has 0 aromatic carbocycles. The third-order valence-corrected chi connectivity index (χ3v) is 3.18. The summed E-state index contributed by atoms with van der Waals surface area (Å²) in [6.07, 6.45) is 3.00. The van der Waals surface area contributed by atoms with Crippen molar-refractivity contribution in [3.8, 4) is 0 Å². The maximum Gasteiger partial charge on any atom is 0.222 e. The normalized spacial score (nSPS) is 20.7. The van der Waals surface area contributed by atoms with Crippen LogP contribution in [0.3, 0.4) is 0 Å². The molecule has 0 aromatic heterocycles. The largest absolute Gasteiger partial charge is 0.341 e. The molecule has 0 bridgehead atoms. The van der Waals surface area contributed by atoms with E-state index in [1.165, 1.54) is 6.42 Å². The fourth-order valence-electron chi connectivity index (χ4n) is 1.84. The molecule has 88 valence electrons. The minimum absolute atomic E-state index is 0.326. The first-order valence-electron chi connectivity index (χ1n) is 6.14. The summed E-state index contributed by atoms with van der Waals surface area (Å²) in [5.74, 6) is 1.05. The van der Waals surface area contributed by atoms with Gasteiger partial charge in [0.05, 0.1) is 0 Å². The Kier molecular flexibility index (Phi) is 5.09. The molecule has 0 aromatic rings. The molecule has 1 rings (SSSR count). The Morgan fingerprint density at radius 3 is 2.73 bits per heavy atom. The van der Waals surface area contributed by atoms with Gasteiger partial charge in [0, 0.05) is 25.6 Å². The minimum Gasteiger partial charge on any atom is -0.341 e. The monoisotopic (exact) mass is 212 g/mol. The molecule has 3 nitrogen and oxygen atoms in total. The van der Waals surface area contributed by atoms with Gasteiger partial charge in [0.25, 0.3) is 0 Å². The Morgan fingerprint density at radius 2 is 2.20 bits per heavy atom. The molecule has 1 amide bonds. The maximum absolute atomic E-state index is 11.4. The molecule has 15 heavy (non-hydrogen) atoms. The highest BCUT2D eigenvalue weighted by atomic mass is 16.2. The summed E-state index contributed by atoms with van der Waals surface area (Å²) in [5.41, 5.74) is 0. The van der Waals surface area contributed by atoms with E-state index in [1.54, 1.807) is 0 Å². The molecular weight excluding hydrogens is 188 g/mol. The second-order valence-corrected chi connectivity index (χ2v) is 4.77. The van der Waals surface area contributed by atoms with Crippen molar-refractivity contribution in [1.29, 1.82) is 0 Å². The van der Waals surface area contributed by atoms with E-state index >= 15 is 0 Å². The van der Waals surface area contributed by atoms with E-state index in [-0.39, 0.29) is 0 Å². The van der Waals surface area contributed by atoms with E-state index < -0.39 is 0 Å². The molecular formula is C12H24N2O. The number of nitrogens with one attached hydrogen (secondary N) is 1. The first kappa shape index (κ1) is 12.5. The fourth-order valence-corrected chi connectivity index (χ4v) is 1.84. The van der Waals surface area contributed by atoms with Crippen LogP contribution < -0.4 is 5.32 Å². The van der Waals surface area contributed by atoms with Gasteiger partial charge in [0.15, 0.2) is 0 Å². The zero-order valence-corrected chi connectivity index (χ0v) is 10.3.